The Kier molecular flexibility index (Phi) is 2.80. The van der Waals surface area contributed by atoms with Crippen LogP contribution < -0.4 is 11.3 Å². The van der Waals surface area contributed by atoms with E-state index in [0.717, 1.165) is 5.56 Å². The molecule has 0 fully saturated rings. The average Bonchev–Trinajstić information content (AvgIpc) is 2.29. The summed E-state index contributed by atoms with van der Waals surface area (Å²) in [4.78, 5) is 13.7. The molecular formula is C11H14N2O3. The lowest BCUT2D eigenvalue weighted by atomic mass is 9.85. The number of nitrogens with two attached hydrogens (primary N) is 1. The van der Waals surface area contributed by atoms with E-state index in [1.54, 1.807) is 12.1 Å². The van der Waals surface area contributed by atoms with Gasteiger partial charge in [-0.15, -0.1) is 0 Å². The molecule has 2 rings (SSSR count). The Morgan fingerprint density at radius 1 is 1.56 bits per heavy atom. The van der Waals surface area contributed by atoms with E-state index in [4.69, 9.17) is 5.73 Å². The number of aromatic nitrogens is 1. The monoisotopic (exact) mass is 222 g/mol. The van der Waals surface area contributed by atoms with E-state index < -0.39 is 6.10 Å². The lowest BCUT2D eigenvalue weighted by Crippen LogP contribution is -2.30. The van der Waals surface area contributed by atoms with Crippen LogP contribution in [0.5, 0.6) is 0 Å². The zero-order chi connectivity index (χ0) is 11.7. The second-order valence-corrected chi connectivity index (χ2v) is 3.89. The minimum absolute atomic E-state index is 0.0492. The average molecular weight is 222 g/mol. The topological polar surface area (TPSA) is 99.3 Å². The Morgan fingerprint density at radius 3 is 3.00 bits per heavy atom. The lowest BCUT2D eigenvalue weighted by molar-refractivity contribution is 0.150. The number of pyridine rings is 1. The predicted octanol–water partition coefficient (Wildman–Crippen LogP) is 0.0807. The first-order valence-corrected chi connectivity index (χ1v) is 5.14. The normalized spacial score (nSPS) is 21.1. The molecule has 0 bridgehead atoms. The van der Waals surface area contributed by atoms with Crippen molar-refractivity contribution in [2.45, 2.75) is 18.4 Å². The van der Waals surface area contributed by atoms with Crippen LogP contribution in [0.15, 0.2) is 23.0 Å². The molecule has 16 heavy (non-hydrogen) atoms. The van der Waals surface area contributed by atoms with Crippen LogP contribution >= 0.6 is 0 Å². The molecule has 1 aromatic heterocycles. The molecule has 1 aliphatic carbocycles. The molecule has 0 amide bonds. The van der Waals surface area contributed by atoms with Crippen LogP contribution in [0.25, 0.3) is 5.76 Å². The second kappa shape index (κ2) is 4.11. The number of hydrogen-bond acceptors (Lipinski definition) is 4. The highest BCUT2D eigenvalue weighted by Crippen LogP contribution is 2.33. The van der Waals surface area contributed by atoms with E-state index in [9.17, 15) is 15.0 Å². The number of fused-ring (bicyclic) bond motifs is 1. The Labute approximate surface area is 92.2 Å². The minimum Gasteiger partial charge on any atom is -0.506 e. The van der Waals surface area contributed by atoms with Gasteiger partial charge in [0.2, 0.25) is 5.56 Å². The van der Waals surface area contributed by atoms with E-state index >= 15 is 0 Å². The fourth-order valence-corrected chi connectivity index (χ4v) is 2.00. The fourth-order valence-electron chi connectivity index (χ4n) is 2.00. The van der Waals surface area contributed by atoms with Crippen molar-refractivity contribution in [2.75, 3.05) is 6.54 Å². The molecule has 0 spiro atoms. The van der Waals surface area contributed by atoms with Crippen molar-refractivity contribution >= 4 is 5.76 Å². The van der Waals surface area contributed by atoms with Gasteiger partial charge < -0.3 is 20.9 Å². The third-order valence-corrected chi connectivity index (χ3v) is 2.88. The van der Waals surface area contributed by atoms with Crippen molar-refractivity contribution in [3.63, 3.8) is 0 Å². The molecule has 1 aliphatic rings. The van der Waals surface area contributed by atoms with Crippen molar-refractivity contribution in [2.24, 2.45) is 5.73 Å². The van der Waals surface area contributed by atoms with Gasteiger partial charge in [0.1, 0.15) is 5.76 Å². The van der Waals surface area contributed by atoms with Crippen molar-refractivity contribution in [3.8, 4) is 0 Å². The van der Waals surface area contributed by atoms with Gasteiger partial charge in [-0.3, -0.25) is 4.79 Å². The number of rotatable bonds is 2. The molecule has 1 unspecified atom stereocenters. The largest absolute Gasteiger partial charge is 0.506 e. The summed E-state index contributed by atoms with van der Waals surface area (Å²) in [5, 5.41) is 19.4. The smallest absolute Gasteiger partial charge is 0.248 e. The highest BCUT2D eigenvalue weighted by Gasteiger charge is 2.27. The van der Waals surface area contributed by atoms with Crippen molar-refractivity contribution in [1.29, 1.82) is 0 Å². The van der Waals surface area contributed by atoms with Crippen LogP contribution in [-0.2, 0) is 0 Å². The summed E-state index contributed by atoms with van der Waals surface area (Å²) in [6, 6.07) is 3.01. The molecule has 0 aromatic carbocycles. The van der Waals surface area contributed by atoms with Crippen LogP contribution in [0, 0.1) is 0 Å². The molecule has 5 nitrogen and oxygen atoms in total. The fraction of sp³-hybridized carbons (Fsp3) is 0.364. The molecule has 1 heterocycles. The number of hydrogen-bond donors (Lipinski definition) is 4. The molecule has 1 aromatic rings. The lowest BCUT2D eigenvalue weighted by Gasteiger charge is -2.26. The molecule has 0 radical (unpaired) electrons. The Balaban J connectivity index is 2.50. The summed E-state index contributed by atoms with van der Waals surface area (Å²) in [5.41, 5.74) is 6.26. The summed E-state index contributed by atoms with van der Waals surface area (Å²) in [6.45, 7) is 0.151. The zero-order valence-corrected chi connectivity index (χ0v) is 8.68. The molecule has 0 aliphatic heterocycles. The molecule has 5 heteroatoms. The number of nitrogens with one attached hydrogen (secondary N) is 1. The van der Waals surface area contributed by atoms with E-state index in [2.05, 4.69) is 4.98 Å². The van der Waals surface area contributed by atoms with Crippen LogP contribution in [0.1, 0.15) is 23.6 Å². The summed E-state index contributed by atoms with van der Waals surface area (Å²) in [6.07, 6.45) is 1.43. The van der Waals surface area contributed by atoms with Crippen LogP contribution in [0.3, 0.4) is 0 Å². The number of H-pyrrole nitrogens is 1. The van der Waals surface area contributed by atoms with E-state index in [0.29, 0.717) is 12.1 Å². The zero-order valence-electron chi connectivity index (χ0n) is 8.68. The number of aromatic amines is 1. The first kappa shape index (κ1) is 10.9. The van der Waals surface area contributed by atoms with Gasteiger partial charge in [0.15, 0.2) is 0 Å². The number of allylic oxidation sites excluding steroid dienone is 1. The van der Waals surface area contributed by atoms with Crippen molar-refractivity contribution in [3.05, 3.63) is 39.8 Å². The van der Waals surface area contributed by atoms with Crippen molar-refractivity contribution < 1.29 is 10.2 Å². The van der Waals surface area contributed by atoms with E-state index in [-0.39, 0.29) is 23.8 Å². The van der Waals surface area contributed by atoms with Gasteiger partial charge >= 0.3 is 0 Å². The van der Waals surface area contributed by atoms with Gasteiger partial charge in [-0.05, 0) is 18.1 Å². The van der Waals surface area contributed by atoms with Gasteiger partial charge in [0.25, 0.3) is 0 Å². The van der Waals surface area contributed by atoms with Crippen LogP contribution in [-0.4, -0.2) is 27.8 Å². The van der Waals surface area contributed by atoms with Gasteiger partial charge in [-0.25, -0.2) is 0 Å². The maximum absolute atomic E-state index is 11.2. The van der Waals surface area contributed by atoms with E-state index in [1.165, 1.54) is 6.07 Å². The van der Waals surface area contributed by atoms with Gasteiger partial charge in [-0.2, -0.15) is 0 Å². The third kappa shape index (κ3) is 1.75. The third-order valence-electron chi connectivity index (χ3n) is 2.88. The first-order valence-electron chi connectivity index (χ1n) is 5.14. The summed E-state index contributed by atoms with van der Waals surface area (Å²) >= 11 is 0. The summed E-state index contributed by atoms with van der Waals surface area (Å²) in [5.74, 6) is -0.124. The molecular weight excluding hydrogens is 208 g/mol. The van der Waals surface area contributed by atoms with Crippen LogP contribution in [0.4, 0.5) is 0 Å². The number of aliphatic hydroxyl groups is 2. The maximum Gasteiger partial charge on any atom is 0.248 e. The second-order valence-electron chi connectivity index (χ2n) is 3.89. The Morgan fingerprint density at radius 2 is 2.31 bits per heavy atom. The Bertz CT molecular complexity index is 478. The summed E-state index contributed by atoms with van der Waals surface area (Å²) < 4.78 is 0. The first-order chi connectivity index (χ1) is 7.63. The SMILES string of the molecule is NC[C@H](O)C1CC=C(O)c2[nH]c(=O)ccc21. The van der Waals surface area contributed by atoms with Crippen LogP contribution in [0.2, 0.25) is 0 Å². The summed E-state index contributed by atoms with van der Waals surface area (Å²) in [7, 11) is 0. The molecule has 0 saturated carbocycles. The quantitative estimate of drug-likeness (QED) is 0.569. The predicted molar refractivity (Wildman–Crippen MR) is 60.1 cm³/mol. The molecule has 0 saturated heterocycles. The van der Waals surface area contributed by atoms with Gasteiger partial charge in [0.05, 0.1) is 11.8 Å². The standard InChI is InChI=1S/C11H14N2O3/c12-5-9(15)6-1-3-8(14)11-7(6)2-4-10(16)13-11/h2-4,6,9,14-15H,1,5,12H2,(H,13,16)/t6?,9-/m0/s1. The Hall–Kier alpha value is -1.59. The highest BCUT2D eigenvalue weighted by atomic mass is 16.3. The maximum atomic E-state index is 11.2. The number of aliphatic hydroxyl groups excluding tert-OH is 2. The van der Waals surface area contributed by atoms with E-state index in [1.807, 2.05) is 0 Å². The molecule has 2 atom stereocenters. The van der Waals surface area contributed by atoms with Gasteiger partial charge in [0, 0.05) is 18.5 Å². The van der Waals surface area contributed by atoms with Gasteiger partial charge in [-0.1, -0.05) is 6.07 Å². The highest BCUT2D eigenvalue weighted by molar-refractivity contribution is 5.61. The molecule has 86 valence electrons. The minimum atomic E-state index is -0.672. The molecule has 5 N–H and O–H groups in total. The van der Waals surface area contributed by atoms with Crippen molar-refractivity contribution in [1.82, 2.24) is 4.98 Å².